The van der Waals surface area contributed by atoms with E-state index in [0.29, 0.717) is 5.91 Å². The van der Waals surface area contributed by atoms with E-state index >= 15 is 0 Å². The second-order valence-corrected chi connectivity index (χ2v) is 7.71. The van der Waals surface area contributed by atoms with Gasteiger partial charge < -0.3 is 9.80 Å². The van der Waals surface area contributed by atoms with Crippen molar-refractivity contribution in [2.75, 3.05) is 19.6 Å². The molecular weight excluding hydrogens is 298 g/mol. The van der Waals surface area contributed by atoms with Gasteiger partial charge >= 0.3 is 0 Å². The third-order valence-electron chi connectivity index (χ3n) is 6.27. The number of hydrogen-bond acceptors (Lipinski definition) is 3. The van der Waals surface area contributed by atoms with Gasteiger partial charge in [-0.15, -0.1) is 0 Å². The Balaban J connectivity index is 1.32. The molecule has 0 bridgehead atoms. The first-order valence-corrected chi connectivity index (χ1v) is 9.76. The van der Waals surface area contributed by atoms with Gasteiger partial charge in [-0.25, -0.2) is 0 Å². The first-order valence-electron chi connectivity index (χ1n) is 9.76. The molecule has 0 radical (unpaired) electrons. The zero-order valence-electron chi connectivity index (χ0n) is 14.6. The van der Waals surface area contributed by atoms with Crippen molar-refractivity contribution in [3.63, 3.8) is 0 Å². The Kier molecular flexibility index (Phi) is 4.83. The van der Waals surface area contributed by atoms with Crippen molar-refractivity contribution in [1.82, 2.24) is 14.8 Å². The molecule has 4 heteroatoms. The van der Waals surface area contributed by atoms with Crippen molar-refractivity contribution in [2.24, 2.45) is 5.92 Å². The van der Waals surface area contributed by atoms with Gasteiger partial charge in [0, 0.05) is 43.9 Å². The summed E-state index contributed by atoms with van der Waals surface area (Å²) in [5.41, 5.74) is 2.40. The van der Waals surface area contributed by atoms with Gasteiger partial charge in [0.1, 0.15) is 0 Å². The largest absolute Gasteiger partial charge is 0.338 e. The summed E-state index contributed by atoms with van der Waals surface area (Å²) < 4.78 is 0. The summed E-state index contributed by atoms with van der Waals surface area (Å²) in [6.07, 6.45) is 11.3. The number of carbonyl (C=O) groups is 1. The van der Waals surface area contributed by atoms with Crippen molar-refractivity contribution in [2.45, 2.75) is 64.0 Å². The summed E-state index contributed by atoms with van der Waals surface area (Å²) in [6, 6.07) is 4.85. The normalized spacial score (nSPS) is 27.4. The highest BCUT2D eigenvalue weighted by Crippen LogP contribution is 2.33. The van der Waals surface area contributed by atoms with Gasteiger partial charge in [0.15, 0.2) is 0 Å². The maximum absolute atomic E-state index is 12.7. The molecule has 2 saturated heterocycles. The van der Waals surface area contributed by atoms with Crippen LogP contribution >= 0.6 is 0 Å². The summed E-state index contributed by atoms with van der Waals surface area (Å²) in [5.74, 6) is 1.08. The van der Waals surface area contributed by atoms with E-state index in [0.717, 1.165) is 44.3 Å². The SMILES string of the molecule is O=C(CC[C@@H]1CCCN2CCCC[C@H]12)N1CCc2ncccc2C1. The molecule has 0 spiro atoms. The highest BCUT2D eigenvalue weighted by Gasteiger charge is 2.33. The van der Waals surface area contributed by atoms with Crippen molar-refractivity contribution >= 4 is 5.91 Å². The second kappa shape index (κ2) is 7.22. The number of hydrogen-bond donors (Lipinski definition) is 0. The van der Waals surface area contributed by atoms with Crippen molar-refractivity contribution in [1.29, 1.82) is 0 Å². The quantitative estimate of drug-likeness (QED) is 0.856. The first kappa shape index (κ1) is 16.1. The first-order chi connectivity index (χ1) is 11.8. The third kappa shape index (κ3) is 3.34. The Hall–Kier alpha value is -1.42. The molecule has 2 atom stereocenters. The fourth-order valence-corrected chi connectivity index (χ4v) is 4.96. The molecule has 130 valence electrons. The molecule has 1 amide bonds. The zero-order chi connectivity index (χ0) is 16.4. The number of aromatic nitrogens is 1. The van der Waals surface area contributed by atoms with Gasteiger partial charge in [-0.3, -0.25) is 9.78 Å². The molecule has 24 heavy (non-hydrogen) atoms. The van der Waals surface area contributed by atoms with Gasteiger partial charge in [0.05, 0.1) is 0 Å². The van der Waals surface area contributed by atoms with Crippen LogP contribution < -0.4 is 0 Å². The number of rotatable bonds is 3. The summed E-state index contributed by atoms with van der Waals surface area (Å²) >= 11 is 0. The molecule has 2 fully saturated rings. The minimum Gasteiger partial charge on any atom is -0.338 e. The Morgan fingerprint density at radius 2 is 2.08 bits per heavy atom. The number of amides is 1. The van der Waals surface area contributed by atoms with Gasteiger partial charge in [-0.05, 0) is 62.7 Å². The molecule has 1 aromatic rings. The monoisotopic (exact) mass is 327 g/mol. The van der Waals surface area contributed by atoms with E-state index in [1.807, 2.05) is 17.2 Å². The Labute approximate surface area is 145 Å². The van der Waals surface area contributed by atoms with Crippen LogP contribution in [0.25, 0.3) is 0 Å². The van der Waals surface area contributed by atoms with Crippen LogP contribution in [0.5, 0.6) is 0 Å². The molecule has 3 aliphatic heterocycles. The van der Waals surface area contributed by atoms with E-state index in [1.165, 1.54) is 56.5 Å². The maximum Gasteiger partial charge on any atom is 0.222 e. The van der Waals surface area contributed by atoms with Gasteiger partial charge in [-0.2, -0.15) is 0 Å². The van der Waals surface area contributed by atoms with E-state index < -0.39 is 0 Å². The third-order valence-corrected chi connectivity index (χ3v) is 6.27. The van der Waals surface area contributed by atoms with Crippen LogP contribution in [0.1, 0.15) is 56.2 Å². The number of carbonyl (C=O) groups excluding carboxylic acids is 1. The summed E-state index contributed by atoms with van der Waals surface area (Å²) in [5, 5.41) is 0. The van der Waals surface area contributed by atoms with Crippen LogP contribution in [0.2, 0.25) is 0 Å². The Morgan fingerprint density at radius 3 is 3.04 bits per heavy atom. The van der Waals surface area contributed by atoms with E-state index in [2.05, 4.69) is 16.0 Å². The molecule has 0 aliphatic carbocycles. The van der Waals surface area contributed by atoms with Crippen molar-refractivity contribution < 1.29 is 4.79 Å². The molecule has 1 aromatic heterocycles. The van der Waals surface area contributed by atoms with Gasteiger partial charge in [0.2, 0.25) is 5.91 Å². The second-order valence-electron chi connectivity index (χ2n) is 7.71. The highest BCUT2D eigenvalue weighted by molar-refractivity contribution is 5.76. The molecule has 3 aliphatic rings. The van der Waals surface area contributed by atoms with E-state index in [1.54, 1.807) is 0 Å². The Morgan fingerprint density at radius 1 is 1.17 bits per heavy atom. The van der Waals surface area contributed by atoms with Crippen LogP contribution in [0, 0.1) is 5.92 Å². The molecule has 0 N–H and O–H groups in total. The highest BCUT2D eigenvalue weighted by atomic mass is 16.2. The summed E-state index contributed by atoms with van der Waals surface area (Å²) in [7, 11) is 0. The molecule has 0 saturated carbocycles. The molecule has 0 aromatic carbocycles. The molecule has 4 rings (SSSR count). The van der Waals surface area contributed by atoms with E-state index in [4.69, 9.17) is 0 Å². The average molecular weight is 327 g/mol. The molecule has 4 heterocycles. The number of fused-ring (bicyclic) bond motifs is 2. The standard InChI is InChI=1S/C20H29N3O/c24-20(23-14-10-18-17(15-23)5-3-11-21-18)9-8-16-6-4-13-22-12-2-1-7-19(16)22/h3,5,11,16,19H,1-2,4,6-10,12-15H2/t16-,19+/m0/s1. The predicted molar refractivity (Wildman–Crippen MR) is 94.5 cm³/mol. The Bertz CT molecular complexity index is 586. The van der Waals surface area contributed by atoms with E-state index in [9.17, 15) is 4.79 Å². The lowest BCUT2D eigenvalue weighted by molar-refractivity contribution is -0.132. The maximum atomic E-state index is 12.7. The van der Waals surface area contributed by atoms with Crippen molar-refractivity contribution in [3.05, 3.63) is 29.6 Å². The van der Waals surface area contributed by atoms with Crippen LogP contribution in [-0.2, 0) is 17.8 Å². The van der Waals surface area contributed by atoms with Crippen LogP contribution in [0.15, 0.2) is 18.3 Å². The lowest BCUT2D eigenvalue weighted by atomic mass is 9.81. The molecule has 4 nitrogen and oxygen atoms in total. The lowest BCUT2D eigenvalue weighted by Crippen LogP contribution is -2.48. The fraction of sp³-hybridized carbons (Fsp3) is 0.700. The smallest absolute Gasteiger partial charge is 0.222 e. The minimum absolute atomic E-state index is 0.345. The van der Waals surface area contributed by atoms with Gasteiger partial charge in [-0.1, -0.05) is 12.5 Å². The number of piperidine rings is 2. The van der Waals surface area contributed by atoms with E-state index in [-0.39, 0.29) is 0 Å². The summed E-state index contributed by atoms with van der Waals surface area (Å²) in [6.45, 7) is 4.15. The van der Waals surface area contributed by atoms with Crippen molar-refractivity contribution in [3.8, 4) is 0 Å². The lowest BCUT2D eigenvalue weighted by Gasteiger charge is -2.44. The number of nitrogens with zero attached hydrogens (tertiary/aromatic N) is 3. The number of pyridine rings is 1. The zero-order valence-corrected chi connectivity index (χ0v) is 14.6. The van der Waals surface area contributed by atoms with Crippen LogP contribution in [0.3, 0.4) is 0 Å². The molecule has 0 unspecified atom stereocenters. The van der Waals surface area contributed by atoms with Crippen LogP contribution in [-0.4, -0.2) is 46.4 Å². The molecular formula is C20H29N3O. The predicted octanol–water partition coefficient (Wildman–Crippen LogP) is 3.01. The summed E-state index contributed by atoms with van der Waals surface area (Å²) in [4.78, 5) is 21.9. The van der Waals surface area contributed by atoms with Gasteiger partial charge in [0.25, 0.3) is 0 Å². The van der Waals surface area contributed by atoms with Crippen LogP contribution in [0.4, 0.5) is 0 Å². The fourth-order valence-electron chi connectivity index (χ4n) is 4.96. The topological polar surface area (TPSA) is 36.4 Å². The minimum atomic E-state index is 0.345. The average Bonchev–Trinajstić information content (AvgIpc) is 2.65.